The van der Waals surface area contributed by atoms with Crippen LogP contribution >= 0.6 is 12.2 Å². The molecule has 2 amide bonds. The van der Waals surface area contributed by atoms with Crippen molar-refractivity contribution in [3.05, 3.63) is 24.3 Å². The fourth-order valence-electron chi connectivity index (χ4n) is 1.27. The first-order chi connectivity index (χ1) is 10.4. The van der Waals surface area contributed by atoms with Crippen molar-refractivity contribution in [3.8, 4) is 11.5 Å². The third kappa shape index (κ3) is 6.40. The number of carbonyl (C=O) groups excluding carboxylic acids is 2. The van der Waals surface area contributed by atoms with Crippen molar-refractivity contribution in [2.24, 2.45) is 5.92 Å². The van der Waals surface area contributed by atoms with E-state index in [0.29, 0.717) is 11.5 Å². The molecule has 3 N–H and O–H groups in total. The highest BCUT2D eigenvalue weighted by Gasteiger charge is 2.09. The van der Waals surface area contributed by atoms with Crippen molar-refractivity contribution in [1.29, 1.82) is 0 Å². The predicted molar refractivity (Wildman–Crippen MR) is 85.3 cm³/mol. The molecule has 1 rings (SSSR count). The topological polar surface area (TPSA) is 88.7 Å². The molecule has 0 aliphatic heterocycles. The van der Waals surface area contributed by atoms with E-state index in [0.717, 1.165) is 0 Å². The Labute approximate surface area is 134 Å². The Morgan fingerprint density at radius 2 is 1.73 bits per heavy atom. The predicted octanol–water partition coefficient (Wildman–Crippen LogP) is 0.752. The van der Waals surface area contributed by atoms with Crippen LogP contribution < -0.4 is 25.6 Å². The van der Waals surface area contributed by atoms with Crippen molar-refractivity contribution in [2.75, 3.05) is 13.7 Å². The molecule has 120 valence electrons. The molecular formula is C14H19N3O4S. The van der Waals surface area contributed by atoms with Gasteiger partial charge >= 0.3 is 0 Å². The van der Waals surface area contributed by atoms with Crippen LogP contribution in [-0.2, 0) is 9.59 Å². The lowest BCUT2D eigenvalue weighted by Crippen LogP contribution is -2.50. The summed E-state index contributed by atoms with van der Waals surface area (Å²) in [6, 6.07) is 6.82. The van der Waals surface area contributed by atoms with Crippen LogP contribution in [0.5, 0.6) is 11.5 Å². The summed E-state index contributed by atoms with van der Waals surface area (Å²) in [6.07, 6.45) is 0. The molecule has 0 aromatic heterocycles. The second-order valence-corrected chi connectivity index (χ2v) is 5.02. The summed E-state index contributed by atoms with van der Waals surface area (Å²) in [4.78, 5) is 22.9. The van der Waals surface area contributed by atoms with E-state index in [9.17, 15) is 9.59 Å². The summed E-state index contributed by atoms with van der Waals surface area (Å²) in [6.45, 7) is 3.28. The molecule has 1 aromatic carbocycles. The number of rotatable bonds is 5. The van der Waals surface area contributed by atoms with E-state index in [1.54, 1.807) is 45.2 Å². The molecule has 0 atom stereocenters. The smallest absolute Gasteiger partial charge is 0.276 e. The van der Waals surface area contributed by atoms with E-state index in [2.05, 4.69) is 16.2 Å². The molecule has 0 unspecified atom stereocenters. The zero-order chi connectivity index (χ0) is 16.5. The van der Waals surface area contributed by atoms with Gasteiger partial charge in [0.25, 0.3) is 5.91 Å². The number of hydrazine groups is 1. The second kappa shape index (κ2) is 8.83. The number of nitrogens with one attached hydrogen (secondary N) is 3. The molecular weight excluding hydrogens is 306 g/mol. The molecule has 0 saturated carbocycles. The van der Waals surface area contributed by atoms with Crippen molar-refractivity contribution in [3.63, 3.8) is 0 Å². The van der Waals surface area contributed by atoms with E-state index < -0.39 is 5.91 Å². The first kappa shape index (κ1) is 17.7. The number of methoxy groups -OCH3 is 1. The first-order valence-corrected chi connectivity index (χ1v) is 6.99. The minimum Gasteiger partial charge on any atom is -0.497 e. The normalized spacial score (nSPS) is 9.82. The van der Waals surface area contributed by atoms with Gasteiger partial charge in [0, 0.05) is 5.92 Å². The SMILES string of the molecule is COc1ccc(OCC(=O)NNC(=S)NC(=O)C(C)C)cc1. The fraction of sp³-hybridized carbons (Fsp3) is 0.357. The van der Waals surface area contributed by atoms with Gasteiger partial charge in [-0.15, -0.1) is 0 Å². The minimum atomic E-state index is -0.433. The van der Waals surface area contributed by atoms with Crippen LogP contribution in [-0.4, -0.2) is 30.6 Å². The molecule has 0 aliphatic rings. The maximum absolute atomic E-state index is 11.6. The van der Waals surface area contributed by atoms with Gasteiger partial charge in [-0.25, -0.2) is 0 Å². The number of ether oxygens (including phenoxy) is 2. The molecule has 22 heavy (non-hydrogen) atoms. The summed E-state index contributed by atoms with van der Waals surface area (Å²) in [7, 11) is 1.57. The largest absolute Gasteiger partial charge is 0.497 e. The Hall–Kier alpha value is -2.35. The molecule has 1 aromatic rings. The molecule has 0 heterocycles. The Morgan fingerprint density at radius 3 is 2.27 bits per heavy atom. The third-order valence-corrected chi connectivity index (χ3v) is 2.71. The molecule has 0 radical (unpaired) electrons. The Kier molecular flexibility index (Phi) is 7.11. The fourth-order valence-corrected chi connectivity index (χ4v) is 1.42. The Bertz CT molecular complexity index is 531. The molecule has 7 nitrogen and oxygen atoms in total. The summed E-state index contributed by atoms with van der Waals surface area (Å²) in [5.41, 5.74) is 4.75. The summed E-state index contributed by atoms with van der Waals surface area (Å²) in [5.74, 6) is 0.364. The van der Waals surface area contributed by atoms with Gasteiger partial charge in [0.05, 0.1) is 7.11 Å². The summed E-state index contributed by atoms with van der Waals surface area (Å²) < 4.78 is 10.3. The van der Waals surface area contributed by atoms with E-state index in [1.807, 2.05) is 0 Å². The Morgan fingerprint density at radius 1 is 1.14 bits per heavy atom. The number of carbonyl (C=O) groups is 2. The van der Waals surface area contributed by atoms with Crippen LogP contribution in [0.1, 0.15) is 13.8 Å². The van der Waals surface area contributed by atoms with Gasteiger partial charge in [0.15, 0.2) is 11.7 Å². The average Bonchev–Trinajstić information content (AvgIpc) is 2.51. The maximum atomic E-state index is 11.6. The lowest BCUT2D eigenvalue weighted by atomic mass is 10.2. The molecule has 0 spiro atoms. The van der Waals surface area contributed by atoms with Gasteiger partial charge in [-0.3, -0.25) is 20.4 Å². The highest BCUT2D eigenvalue weighted by atomic mass is 32.1. The van der Waals surface area contributed by atoms with E-state index in [4.69, 9.17) is 21.7 Å². The quantitative estimate of drug-likeness (QED) is 0.547. The van der Waals surface area contributed by atoms with Crippen LogP contribution in [0.15, 0.2) is 24.3 Å². The summed E-state index contributed by atoms with van der Waals surface area (Å²) in [5, 5.41) is 2.46. The van der Waals surface area contributed by atoms with Crippen LogP contribution in [0.25, 0.3) is 0 Å². The highest BCUT2D eigenvalue weighted by molar-refractivity contribution is 7.80. The standard InChI is InChI=1S/C14H19N3O4S/c1-9(2)13(19)15-14(22)17-16-12(18)8-21-11-6-4-10(20-3)5-7-11/h4-7,9H,8H2,1-3H3,(H,16,18)(H2,15,17,19,22). The van der Waals surface area contributed by atoms with Crippen LogP contribution in [0, 0.1) is 5.92 Å². The minimum absolute atomic E-state index is 0.0245. The monoisotopic (exact) mass is 325 g/mol. The molecule has 0 saturated heterocycles. The van der Waals surface area contributed by atoms with Crippen molar-refractivity contribution < 1.29 is 19.1 Å². The zero-order valence-electron chi connectivity index (χ0n) is 12.6. The maximum Gasteiger partial charge on any atom is 0.276 e. The number of hydrogen-bond donors (Lipinski definition) is 3. The van der Waals surface area contributed by atoms with Gasteiger partial charge in [0.1, 0.15) is 11.5 Å². The van der Waals surface area contributed by atoms with Crippen LogP contribution in [0.4, 0.5) is 0 Å². The second-order valence-electron chi connectivity index (χ2n) is 4.61. The molecule has 8 heteroatoms. The number of amides is 2. The van der Waals surface area contributed by atoms with Gasteiger partial charge in [-0.1, -0.05) is 13.8 Å². The van der Waals surface area contributed by atoms with Crippen LogP contribution in [0.2, 0.25) is 0 Å². The van der Waals surface area contributed by atoms with Crippen molar-refractivity contribution in [2.45, 2.75) is 13.8 Å². The van der Waals surface area contributed by atoms with Crippen molar-refractivity contribution >= 4 is 29.1 Å². The van der Waals surface area contributed by atoms with Gasteiger partial charge < -0.3 is 14.8 Å². The highest BCUT2D eigenvalue weighted by Crippen LogP contribution is 2.16. The van der Waals surface area contributed by atoms with Gasteiger partial charge in [-0.05, 0) is 36.5 Å². The van der Waals surface area contributed by atoms with Gasteiger partial charge in [-0.2, -0.15) is 0 Å². The lowest BCUT2D eigenvalue weighted by molar-refractivity contribution is -0.124. The third-order valence-electron chi connectivity index (χ3n) is 2.51. The van der Waals surface area contributed by atoms with Crippen LogP contribution in [0.3, 0.4) is 0 Å². The number of thiocarbonyl (C=S) groups is 1. The number of hydrogen-bond acceptors (Lipinski definition) is 5. The lowest BCUT2D eigenvalue weighted by Gasteiger charge is -2.12. The summed E-state index contributed by atoms with van der Waals surface area (Å²) >= 11 is 4.86. The Balaban J connectivity index is 2.28. The molecule has 0 fully saturated rings. The molecule has 0 aliphatic carbocycles. The average molecular weight is 325 g/mol. The molecule has 0 bridgehead atoms. The van der Waals surface area contributed by atoms with E-state index >= 15 is 0 Å². The van der Waals surface area contributed by atoms with E-state index in [1.165, 1.54) is 0 Å². The van der Waals surface area contributed by atoms with E-state index in [-0.39, 0.29) is 23.5 Å². The van der Waals surface area contributed by atoms with Crippen molar-refractivity contribution in [1.82, 2.24) is 16.2 Å². The zero-order valence-corrected chi connectivity index (χ0v) is 13.5. The first-order valence-electron chi connectivity index (χ1n) is 6.59. The number of benzene rings is 1. The van der Waals surface area contributed by atoms with Gasteiger partial charge in [0.2, 0.25) is 5.91 Å².